The van der Waals surface area contributed by atoms with E-state index in [2.05, 4.69) is 22.2 Å². The topological polar surface area (TPSA) is 47.9 Å². The lowest BCUT2D eigenvalue weighted by atomic mass is 10.1. The van der Waals surface area contributed by atoms with E-state index in [4.69, 9.17) is 0 Å². The van der Waals surface area contributed by atoms with Crippen LogP contribution in [0.1, 0.15) is 24.0 Å². The van der Waals surface area contributed by atoms with Crippen LogP contribution in [0.25, 0.3) is 0 Å². The number of amides is 1. The zero-order valence-corrected chi connectivity index (χ0v) is 17.8. The number of hydrogen-bond acceptors (Lipinski definition) is 2. The summed E-state index contributed by atoms with van der Waals surface area (Å²) in [6, 6.07) is 5.32. The number of alkyl halides is 3. The fourth-order valence-electron chi connectivity index (χ4n) is 3.01. The third kappa shape index (κ3) is 5.77. The maximum Gasteiger partial charge on any atom is 0.416 e. The molecule has 0 radical (unpaired) electrons. The summed E-state index contributed by atoms with van der Waals surface area (Å²) in [7, 11) is 1.63. The highest BCUT2D eigenvalue weighted by Gasteiger charge is 2.36. The molecule has 0 bridgehead atoms. The first kappa shape index (κ1) is 22.3. The number of carbonyl (C=O) groups is 1. The van der Waals surface area contributed by atoms with Crippen LogP contribution >= 0.6 is 24.0 Å². The molecule has 1 aromatic carbocycles. The summed E-state index contributed by atoms with van der Waals surface area (Å²) in [6.45, 7) is 1.88. The first-order chi connectivity index (χ1) is 12.9. The number of carbonyl (C=O) groups excluding carboxylic acids is 1. The Morgan fingerprint density at radius 1 is 1.32 bits per heavy atom. The second-order valence-corrected chi connectivity index (χ2v) is 6.52. The largest absolute Gasteiger partial charge is 0.416 e. The first-order valence-electron chi connectivity index (χ1n) is 8.79. The molecule has 28 heavy (non-hydrogen) atoms. The SMILES string of the molecule is CN=C(NCC#Cc1cccc(C(F)(F)F)c1)N1CCN(C2CC2)C(=O)C1.I. The van der Waals surface area contributed by atoms with E-state index in [0.717, 1.165) is 25.0 Å². The van der Waals surface area contributed by atoms with E-state index in [0.29, 0.717) is 30.7 Å². The van der Waals surface area contributed by atoms with Crippen LogP contribution in [0.3, 0.4) is 0 Å². The number of nitrogens with one attached hydrogen (secondary N) is 1. The van der Waals surface area contributed by atoms with Crippen LogP contribution in [0.2, 0.25) is 0 Å². The lowest BCUT2D eigenvalue weighted by Gasteiger charge is -2.36. The number of hydrogen-bond donors (Lipinski definition) is 1. The minimum absolute atomic E-state index is 0. The minimum Gasteiger partial charge on any atom is -0.345 e. The van der Waals surface area contributed by atoms with E-state index >= 15 is 0 Å². The fraction of sp³-hybridized carbons (Fsp3) is 0.474. The third-order valence-corrected chi connectivity index (χ3v) is 4.51. The summed E-state index contributed by atoms with van der Waals surface area (Å²) >= 11 is 0. The predicted octanol–water partition coefficient (Wildman–Crippen LogP) is 2.56. The zero-order valence-electron chi connectivity index (χ0n) is 15.4. The second-order valence-electron chi connectivity index (χ2n) is 6.52. The minimum atomic E-state index is -4.38. The van der Waals surface area contributed by atoms with Crippen molar-refractivity contribution in [2.75, 3.05) is 33.2 Å². The highest BCUT2D eigenvalue weighted by atomic mass is 127. The van der Waals surface area contributed by atoms with E-state index in [1.165, 1.54) is 12.1 Å². The molecular weight excluding hydrogens is 484 g/mol. The Labute approximate surface area is 179 Å². The normalized spacial score (nSPS) is 17.6. The van der Waals surface area contributed by atoms with E-state index in [1.807, 2.05) is 9.80 Å². The maximum atomic E-state index is 12.7. The van der Waals surface area contributed by atoms with Gasteiger partial charge in [-0.2, -0.15) is 13.2 Å². The van der Waals surface area contributed by atoms with Gasteiger partial charge < -0.3 is 15.1 Å². The second kappa shape index (κ2) is 9.49. The lowest BCUT2D eigenvalue weighted by molar-refractivity contribution is -0.137. The molecule has 1 amide bonds. The van der Waals surface area contributed by atoms with Crippen molar-refractivity contribution in [3.8, 4) is 11.8 Å². The van der Waals surface area contributed by atoms with E-state index in [9.17, 15) is 18.0 Å². The molecule has 3 rings (SSSR count). The Bertz CT molecular complexity index is 796. The molecule has 1 aliphatic carbocycles. The van der Waals surface area contributed by atoms with Crippen LogP contribution in [0.5, 0.6) is 0 Å². The summed E-state index contributed by atoms with van der Waals surface area (Å²) in [4.78, 5) is 20.2. The van der Waals surface area contributed by atoms with Crippen molar-refractivity contribution in [3.63, 3.8) is 0 Å². The Morgan fingerprint density at radius 3 is 2.68 bits per heavy atom. The average molecular weight is 506 g/mol. The van der Waals surface area contributed by atoms with Crippen LogP contribution in [-0.4, -0.2) is 60.9 Å². The van der Waals surface area contributed by atoms with Gasteiger partial charge in [0.15, 0.2) is 5.96 Å². The van der Waals surface area contributed by atoms with Gasteiger partial charge in [-0.3, -0.25) is 9.79 Å². The van der Waals surface area contributed by atoms with Crippen molar-refractivity contribution in [1.82, 2.24) is 15.1 Å². The van der Waals surface area contributed by atoms with Crippen molar-refractivity contribution in [2.45, 2.75) is 25.1 Å². The highest BCUT2D eigenvalue weighted by molar-refractivity contribution is 14.0. The van der Waals surface area contributed by atoms with Gasteiger partial charge in [0.25, 0.3) is 0 Å². The number of aliphatic imine (C=N–C) groups is 1. The maximum absolute atomic E-state index is 12.7. The van der Waals surface area contributed by atoms with Crippen molar-refractivity contribution < 1.29 is 18.0 Å². The van der Waals surface area contributed by atoms with Crippen LogP contribution in [0, 0.1) is 11.8 Å². The summed E-state index contributed by atoms with van der Waals surface area (Å²) in [5.41, 5.74) is -0.417. The third-order valence-electron chi connectivity index (χ3n) is 4.51. The molecule has 2 fully saturated rings. The van der Waals surface area contributed by atoms with Crippen LogP contribution in [0.4, 0.5) is 13.2 Å². The van der Waals surface area contributed by atoms with Crippen molar-refractivity contribution in [1.29, 1.82) is 0 Å². The molecule has 1 saturated carbocycles. The van der Waals surface area contributed by atoms with Crippen LogP contribution < -0.4 is 5.32 Å². The molecular formula is C19H22F3IN4O. The van der Waals surface area contributed by atoms with Gasteiger partial charge in [-0.15, -0.1) is 24.0 Å². The smallest absolute Gasteiger partial charge is 0.345 e. The predicted molar refractivity (Wildman–Crippen MR) is 111 cm³/mol. The number of halogens is 4. The summed E-state index contributed by atoms with van der Waals surface area (Å²) in [5.74, 6) is 6.18. The number of piperazine rings is 1. The first-order valence-corrected chi connectivity index (χ1v) is 8.79. The Kier molecular flexibility index (Phi) is 7.57. The van der Waals surface area contributed by atoms with E-state index < -0.39 is 11.7 Å². The molecule has 5 nitrogen and oxygen atoms in total. The van der Waals surface area contributed by atoms with Crippen molar-refractivity contribution >= 4 is 35.8 Å². The molecule has 152 valence electrons. The van der Waals surface area contributed by atoms with E-state index in [-0.39, 0.29) is 43.0 Å². The molecule has 0 atom stereocenters. The molecule has 9 heteroatoms. The average Bonchev–Trinajstić information content (AvgIpc) is 3.46. The molecule has 1 aliphatic heterocycles. The molecule has 0 aromatic heterocycles. The van der Waals surface area contributed by atoms with Gasteiger partial charge in [-0.1, -0.05) is 17.9 Å². The van der Waals surface area contributed by atoms with Gasteiger partial charge in [0, 0.05) is 31.7 Å². The Hall–Kier alpha value is -1.96. The molecule has 2 aliphatic rings. The Morgan fingerprint density at radius 2 is 2.07 bits per heavy atom. The zero-order chi connectivity index (χ0) is 19.4. The quantitative estimate of drug-likeness (QED) is 0.291. The standard InChI is InChI=1S/C19H21F3N4O.HI/c1-23-18(25-10-11-26(16-7-8-16)17(27)13-25)24-9-3-5-14-4-2-6-15(12-14)19(20,21)22;/h2,4,6,12,16H,7-11,13H2,1H3,(H,23,24);1H. The molecule has 0 unspecified atom stereocenters. The van der Waals surface area contributed by atoms with E-state index in [1.54, 1.807) is 7.05 Å². The van der Waals surface area contributed by atoms with Gasteiger partial charge in [0.05, 0.1) is 18.7 Å². The van der Waals surface area contributed by atoms with Crippen LogP contribution in [-0.2, 0) is 11.0 Å². The number of nitrogens with zero attached hydrogens (tertiary/aromatic N) is 3. The lowest BCUT2D eigenvalue weighted by Crippen LogP contribution is -2.55. The van der Waals surface area contributed by atoms with Crippen molar-refractivity contribution in [3.05, 3.63) is 35.4 Å². The van der Waals surface area contributed by atoms with Gasteiger partial charge >= 0.3 is 6.18 Å². The molecule has 1 aromatic rings. The molecule has 1 heterocycles. The molecule has 1 saturated heterocycles. The van der Waals surface area contributed by atoms with Gasteiger partial charge in [-0.05, 0) is 31.0 Å². The fourth-order valence-corrected chi connectivity index (χ4v) is 3.01. The molecule has 0 spiro atoms. The monoisotopic (exact) mass is 506 g/mol. The van der Waals surface area contributed by atoms with Crippen molar-refractivity contribution in [2.24, 2.45) is 4.99 Å². The summed E-state index contributed by atoms with van der Waals surface area (Å²) < 4.78 is 38.1. The molecule has 1 N–H and O–H groups in total. The highest BCUT2D eigenvalue weighted by Crippen LogP contribution is 2.29. The number of guanidine groups is 1. The van der Waals surface area contributed by atoms with Gasteiger partial charge in [0.1, 0.15) is 0 Å². The van der Waals surface area contributed by atoms with Crippen LogP contribution in [0.15, 0.2) is 29.3 Å². The number of benzene rings is 1. The van der Waals surface area contributed by atoms with Gasteiger partial charge in [-0.25, -0.2) is 0 Å². The summed E-state index contributed by atoms with van der Waals surface area (Å²) in [5, 5.41) is 3.04. The Balaban J connectivity index is 0.00000280. The number of rotatable bonds is 2. The summed E-state index contributed by atoms with van der Waals surface area (Å²) in [6.07, 6.45) is -2.21. The van der Waals surface area contributed by atoms with Gasteiger partial charge in [0.2, 0.25) is 5.91 Å².